The van der Waals surface area contributed by atoms with Gasteiger partial charge in [-0.3, -0.25) is 0 Å². The molecule has 0 spiro atoms. The van der Waals surface area contributed by atoms with Gasteiger partial charge in [0.1, 0.15) is 0 Å². The number of rotatable bonds is 4. The van der Waals surface area contributed by atoms with Crippen LogP contribution in [0.5, 0.6) is 0 Å². The summed E-state index contributed by atoms with van der Waals surface area (Å²) in [6, 6.07) is 3.95. The molecule has 0 radical (unpaired) electrons. The van der Waals surface area contributed by atoms with E-state index in [1.165, 1.54) is 0 Å². The molecular weight excluding hydrogens is 286 g/mol. The molecule has 0 fully saturated rings. The minimum atomic E-state index is 0.598. The molecule has 0 bridgehead atoms. The molecule has 0 aliphatic carbocycles. The Hall–Kier alpha value is -1.12. The zero-order valence-electron chi connectivity index (χ0n) is 9.74. The molecule has 2 heterocycles. The molecule has 8 heteroatoms. The number of thioether (sulfide) groups is 1. The first-order valence-electron chi connectivity index (χ1n) is 5.36. The average Bonchev–Trinajstić information content (AvgIpc) is 2.73. The quantitative estimate of drug-likeness (QED) is 0.392. The third-order valence-electron chi connectivity index (χ3n) is 2.21. The van der Waals surface area contributed by atoms with Gasteiger partial charge in [0.2, 0.25) is 0 Å². The number of aromatic amines is 2. The Balaban J connectivity index is 1.91. The van der Waals surface area contributed by atoms with Crippen molar-refractivity contribution in [3.63, 3.8) is 0 Å². The van der Waals surface area contributed by atoms with Gasteiger partial charge >= 0.3 is 0 Å². The maximum absolute atomic E-state index is 5.02. The van der Waals surface area contributed by atoms with Crippen LogP contribution in [-0.2, 0) is 0 Å². The summed E-state index contributed by atoms with van der Waals surface area (Å²) >= 11 is 11.7. The molecule has 0 saturated heterocycles. The van der Waals surface area contributed by atoms with Crippen molar-refractivity contribution < 1.29 is 0 Å². The molecule has 0 aliphatic rings. The molecule has 5 nitrogen and oxygen atoms in total. The van der Waals surface area contributed by atoms with Crippen LogP contribution in [0.15, 0.2) is 17.2 Å². The zero-order valence-corrected chi connectivity index (χ0v) is 12.2. The lowest BCUT2D eigenvalue weighted by Gasteiger charge is -2.06. The van der Waals surface area contributed by atoms with E-state index < -0.39 is 0 Å². The molecule has 2 rings (SSSR count). The van der Waals surface area contributed by atoms with Gasteiger partial charge in [-0.15, -0.1) is 11.8 Å². The molecule has 0 saturated carbocycles. The number of fused-ring (bicyclic) bond motifs is 1. The highest BCUT2D eigenvalue weighted by atomic mass is 32.2. The predicted octanol–water partition coefficient (Wildman–Crippen LogP) is 1.81. The molecular formula is C10H13N5S3. The summed E-state index contributed by atoms with van der Waals surface area (Å²) < 4.78 is 0.598. The van der Waals surface area contributed by atoms with E-state index in [2.05, 4.69) is 25.6 Å². The van der Waals surface area contributed by atoms with Gasteiger partial charge in [-0.05, 0) is 36.6 Å². The standard InChI is InChI=1S/C10H13N5S3/c1-11-9(16)12-4-5-18-7-3-2-6-8(14-7)15-10(17)13-6/h2-3H,4-5H2,1H3,(H2,11,12,16)(H2,13,14,15,17). The number of hydrogen-bond donors (Lipinski definition) is 4. The fraction of sp³-hybridized carbons (Fsp3) is 0.300. The Morgan fingerprint density at radius 3 is 3.06 bits per heavy atom. The number of nitrogens with zero attached hydrogens (tertiary/aromatic N) is 1. The highest BCUT2D eigenvalue weighted by Crippen LogP contribution is 2.17. The lowest BCUT2D eigenvalue weighted by atomic mass is 10.4. The molecule has 2 aromatic heterocycles. The first kappa shape index (κ1) is 13.3. The van der Waals surface area contributed by atoms with E-state index in [4.69, 9.17) is 24.4 Å². The maximum Gasteiger partial charge on any atom is 0.176 e. The molecule has 0 aliphatic heterocycles. The second-order valence-corrected chi connectivity index (χ2v) is 5.41. The van der Waals surface area contributed by atoms with Gasteiger partial charge in [-0.2, -0.15) is 0 Å². The van der Waals surface area contributed by atoms with E-state index >= 15 is 0 Å². The number of hydrogen-bond acceptors (Lipinski definition) is 4. The van der Waals surface area contributed by atoms with Gasteiger partial charge in [0.15, 0.2) is 15.5 Å². The first-order chi connectivity index (χ1) is 8.69. The van der Waals surface area contributed by atoms with Crippen LogP contribution < -0.4 is 10.6 Å². The molecule has 0 amide bonds. The summed E-state index contributed by atoms with van der Waals surface area (Å²) in [4.78, 5) is 10.5. The number of aromatic nitrogens is 3. The second kappa shape index (κ2) is 6.17. The molecule has 18 heavy (non-hydrogen) atoms. The van der Waals surface area contributed by atoms with Crippen molar-refractivity contribution in [2.24, 2.45) is 0 Å². The van der Waals surface area contributed by atoms with Crippen LogP contribution in [0.3, 0.4) is 0 Å². The van der Waals surface area contributed by atoms with Gasteiger partial charge in [0.05, 0.1) is 10.5 Å². The van der Waals surface area contributed by atoms with Crippen molar-refractivity contribution in [3.05, 3.63) is 16.9 Å². The van der Waals surface area contributed by atoms with Crippen molar-refractivity contribution in [1.29, 1.82) is 0 Å². The van der Waals surface area contributed by atoms with Gasteiger partial charge in [-0.25, -0.2) is 4.98 Å². The van der Waals surface area contributed by atoms with Crippen molar-refractivity contribution in [3.8, 4) is 0 Å². The normalized spacial score (nSPS) is 10.5. The van der Waals surface area contributed by atoms with Crippen molar-refractivity contribution in [2.75, 3.05) is 19.3 Å². The lowest BCUT2D eigenvalue weighted by Crippen LogP contribution is -2.33. The summed E-state index contributed by atoms with van der Waals surface area (Å²) in [7, 11) is 1.80. The largest absolute Gasteiger partial charge is 0.366 e. The Labute approximate surface area is 119 Å². The monoisotopic (exact) mass is 299 g/mol. The molecule has 0 unspecified atom stereocenters. The van der Waals surface area contributed by atoms with E-state index in [1.54, 1.807) is 18.8 Å². The average molecular weight is 299 g/mol. The number of nitrogens with one attached hydrogen (secondary N) is 4. The predicted molar refractivity (Wildman–Crippen MR) is 81.7 cm³/mol. The summed E-state index contributed by atoms with van der Waals surface area (Å²) in [5.74, 6) is 0.894. The van der Waals surface area contributed by atoms with Crippen molar-refractivity contribution >= 4 is 52.5 Å². The fourth-order valence-electron chi connectivity index (χ4n) is 1.39. The number of H-pyrrole nitrogens is 2. The Kier molecular flexibility index (Phi) is 4.56. The summed E-state index contributed by atoms with van der Waals surface area (Å²) in [6.45, 7) is 0.799. The van der Waals surface area contributed by atoms with Crippen LogP contribution in [0.1, 0.15) is 0 Å². The van der Waals surface area contributed by atoms with Gasteiger partial charge in [0.25, 0.3) is 0 Å². The maximum atomic E-state index is 5.02. The van der Waals surface area contributed by atoms with Crippen LogP contribution in [0.25, 0.3) is 11.2 Å². The van der Waals surface area contributed by atoms with E-state index in [9.17, 15) is 0 Å². The van der Waals surface area contributed by atoms with E-state index in [0.717, 1.165) is 28.5 Å². The third-order valence-corrected chi connectivity index (χ3v) is 3.70. The highest BCUT2D eigenvalue weighted by Gasteiger charge is 2.01. The smallest absolute Gasteiger partial charge is 0.176 e. The van der Waals surface area contributed by atoms with Crippen molar-refractivity contribution in [1.82, 2.24) is 25.6 Å². The van der Waals surface area contributed by atoms with Crippen LogP contribution >= 0.6 is 36.2 Å². The molecule has 96 valence electrons. The third kappa shape index (κ3) is 3.44. The molecule has 2 aromatic rings. The second-order valence-electron chi connectivity index (χ2n) is 3.48. The van der Waals surface area contributed by atoms with E-state index in [1.807, 2.05) is 12.1 Å². The lowest BCUT2D eigenvalue weighted by molar-refractivity contribution is 0.941. The summed E-state index contributed by atoms with van der Waals surface area (Å²) in [5, 5.41) is 7.57. The molecule has 0 atom stereocenters. The number of imidazole rings is 1. The first-order valence-corrected chi connectivity index (χ1v) is 7.16. The Morgan fingerprint density at radius 1 is 1.44 bits per heavy atom. The van der Waals surface area contributed by atoms with Crippen LogP contribution in [0, 0.1) is 4.77 Å². The number of pyridine rings is 1. The molecule has 0 aromatic carbocycles. The molecule has 4 N–H and O–H groups in total. The van der Waals surface area contributed by atoms with Gasteiger partial charge < -0.3 is 20.6 Å². The summed E-state index contributed by atoms with van der Waals surface area (Å²) in [6.07, 6.45) is 0. The van der Waals surface area contributed by atoms with Crippen LogP contribution in [0.2, 0.25) is 0 Å². The minimum Gasteiger partial charge on any atom is -0.366 e. The Morgan fingerprint density at radius 2 is 2.28 bits per heavy atom. The highest BCUT2D eigenvalue weighted by molar-refractivity contribution is 7.99. The zero-order chi connectivity index (χ0) is 13.0. The SMILES string of the molecule is CNC(=S)NCCSc1ccc2[nH]c(=S)[nH]c2n1. The van der Waals surface area contributed by atoms with Crippen LogP contribution in [0.4, 0.5) is 0 Å². The van der Waals surface area contributed by atoms with Crippen LogP contribution in [-0.4, -0.2) is 39.4 Å². The topological polar surface area (TPSA) is 68.5 Å². The fourth-order valence-corrected chi connectivity index (χ4v) is 2.43. The van der Waals surface area contributed by atoms with E-state index in [0.29, 0.717) is 9.88 Å². The Bertz CT molecular complexity index is 603. The van der Waals surface area contributed by atoms with Gasteiger partial charge in [0, 0.05) is 19.3 Å². The van der Waals surface area contributed by atoms with Gasteiger partial charge in [-0.1, -0.05) is 0 Å². The van der Waals surface area contributed by atoms with Crippen molar-refractivity contribution in [2.45, 2.75) is 5.03 Å². The summed E-state index contributed by atoms with van der Waals surface area (Å²) in [5.41, 5.74) is 1.72. The minimum absolute atomic E-state index is 0.598. The number of thiocarbonyl (C=S) groups is 1. The van der Waals surface area contributed by atoms with E-state index in [-0.39, 0.29) is 0 Å².